The lowest BCUT2D eigenvalue weighted by Crippen LogP contribution is -2.09. The van der Waals surface area contributed by atoms with Gasteiger partial charge in [0.25, 0.3) is 0 Å². The van der Waals surface area contributed by atoms with Crippen molar-refractivity contribution < 1.29 is 0 Å². The Morgan fingerprint density at radius 1 is 1.10 bits per heavy atom. The van der Waals surface area contributed by atoms with E-state index in [1.165, 1.54) is 0 Å². The molecule has 0 bridgehead atoms. The highest BCUT2D eigenvalue weighted by atomic mass is 35.5. The molecular weight excluding hydrogens is 284 g/mol. The Hall–Kier alpha value is -1.81. The maximum Gasteiger partial charge on any atom is 0.145 e. The molecule has 5 heteroatoms. The molecule has 0 aliphatic carbocycles. The summed E-state index contributed by atoms with van der Waals surface area (Å²) in [6.07, 6.45) is 1.52. The molecule has 0 atom stereocenters. The summed E-state index contributed by atoms with van der Waals surface area (Å²) in [4.78, 5) is 11.2. The summed E-state index contributed by atoms with van der Waals surface area (Å²) in [6, 6.07) is 5.97. The quantitative estimate of drug-likeness (QED) is 0.938. The van der Waals surface area contributed by atoms with Crippen molar-refractivity contribution in [2.24, 2.45) is 0 Å². The molecule has 0 unspecified atom stereocenters. The van der Waals surface area contributed by atoms with Crippen LogP contribution in [0.15, 0.2) is 18.2 Å². The molecule has 112 valence electrons. The molecule has 4 nitrogen and oxygen atoms in total. The van der Waals surface area contributed by atoms with Gasteiger partial charge in [0.1, 0.15) is 5.82 Å². The molecule has 1 heterocycles. The molecule has 1 aromatic heterocycles. The zero-order valence-corrected chi connectivity index (χ0v) is 13.7. The van der Waals surface area contributed by atoms with Crippen LogP contribution in [0.2, 0.25) is 5.02 Å². The van der Waals surface area contributed by atoms with E-state index < -0.39 is 0 Å². The highest BCUT2D eigenvalue weighted by Gasteiger charge is 2.15. The van der Waals surface area contributed by atoms with E-state index in [-0.39, 0.29) is 0 Å². The molecule has 0 spiro atoms. The van der Waals surface area contributed by atoms with Crippen LogP contribution in [0.4, 0.5) is 11.5 Å². The van der Waals surface area contributed by atoms with Gasteiger partial charge in [0, 0.05) is 25.3 Å². The number of anilines is 2. The summed E-state index contributed by atoms with van der Waals surface area (Å²) < 4.78 is 0. The molecule has 1 aromatic carbocycles. The summed E-state index contributed by atoms with van der Waals surface area (Å²) in [7, 11) is 3.97. The van der Waals surface area contributed by atoms with E-state index in [0.29, 0.717) is 10.8 Å². The van der Waals surface area contributed by atoms with Crippen molar-refractivity contribution in [3.8, 4) is 11.3 Å². The van der Waals surface area contributed by atoms with Crippen molar-refractivity contribution in [3.05, 3.63) is 34.6 Å². The maximum atomic E-state index is 6.45. The minimum atomic E-state index is 0.513. The molecule has 0 saturated carbocycles. The van der Waals surface area contributed by atoms with Crippen molar-refractivity contribution >= 4 is 23.1 Å². The van der Waals surface area contributed by atoms with Crippen LogP contribution < -0.4 is 10.6 Å². The summed E-state index contributed by atoms with van der Waals surface area (Å²) in [5, 5.41) is 0.678. The van der Waals surface area contributed by atoms with Crippen molar-refractivity contribution in [1.29, 1.82) is 0 Å². The van der Waals surface area contributed by atoms with Crippen molar-refractivity contribution in [1.82, 2.24) is 9.97 Å². The molecule has 0 saturated heterocycles. The Balaban J connectivity index is 2.60. The van der Waals surface area contributed by atoms with Crippen LogP contribution in [-0.2, 0) is 12.8 Å². The van der Waals surface area contributed by atoms with Gasteiger partial charge in [-0.15, -0.1) is 0 Å². The first kappa shape index (κ1) is 15.6. The number of aryl methyl sites for hydroxylation is 2. The summed E-state index contributed by atoms with van der Waals surface area (Å²) in [5.74, 6) is 0.513. The lowest BCUT2D eigenvalue weighted by Gasteiger charge is -2.16. The third-order valence-corrected chi connectivity index (χ3v) is 3.78. The molecular formula is C16H21ClN4. The Morgan fingerprint density at radius 3 is 2.29 bits per heavy atom. The smallest absolute Gasteiger partial charge is 0.145 e. The number of nitrogens with two attached hydrogens (primary N) is 1. The number of halogens is 1. The van der Waals surface area contributed by atoms with Gasteiger partial charge in [0.2, 0.25) is 0 Å². The maximum absolute atomic E-state index is 6.45. The van der Waals surface area contributed by atoms with E-state index >= 15 is 0 Å². The van der Waals surface area contributed by atoms with E-state index in [1.54, 1.807) is 0 Å². The topological polar surface area (TPSA) is 55.0 Å². The van der Waals surface area contributed by atoms with E-state index in [1.807, 2.05) is 51.0 Å². The molecule has 0 fully saturated rings. The zero-order chi connectivity index (χ0) is 15.6. The van der Waals surface area contributed by atoms with Crippen LogP contribution in [0.3, 0.4) is 0 Å². The Labute approximate surface area is 131 Å². The molecule has 0 amide bonds. The second-order valence-corrected chi connectivity index (χ2v) is 5.52. The van der Waals surface area contributed by atoms with Gasteiger partial charge >= 0.3 is 0 Å². The Morgan fingerprint density at radius 2 is 1.76 bits per heavy atom. The van der Waals surface area contributed by atoms with Gasteiger partial charge in [-0.05, 0) is 31.0 Å². The molecule has 0 aliphatic rings. The van der Waals surface area contributed by atoms with Crippen LogP contribution in [-0.4, -0.2) is 24.1 Å². The molecule has 0 aliphatic heterocycles. The fourth-order valence-electron chi connectivity index (χ4n) is 2.22. The second kappa shape index (κ2) is 6.31. The van der Waals surface area contributed by atoms with E-state index in [4.69, 9.17) is 17.3 Å². The van der Waals surface area contributed by atoms with Crippen LogP contribution in [0.1, 0.15) is 25.2 Å². The monoisotopic (exact) mass is 304 g/mol. The van der Waals surface area contributed by atoms with E-state index in [2.05, 4.69) is 9.97 Å². The fourth-order valence-corrected chi connectivity index (χ4v) is 2.48. The first-order chi connectivity index (χ1) is 9.97. The van der Waals surface area contributed by atoms with E-state index in [0.717, 1.165) is 41.2 Å². The predicted molar refractivity (Wildman–Crippen MR) is 90.0 cm³/mol. The van der Waals surface area contributed by atoms with E-state index in [9.17, 15) is 0 Å². The number of nitrogen functional groups attached to an aromatic ring is 1. The van der Waals surface area contributed by atoms with Crippen molar-refractivity contribution in [2.45, 2.75) is 26.7 Å². The molecule has 2 rings (SSSR count). The van der Waals surface area contributed by atoms with Crippen LogP contribution in [0.5, 0.6) is 0 Å². The average molecular weight is 305 g/mol. The number of nitrogens with zero attached hydrogens (tertiary/aromatic N) is 3. The van der Waals surface area contributed by atoms with Crippen molar-refractivity contribution in [3.63, 3.8) is 0 Å². The third kappa shape index (κ3) is 3.10. The molecule has 2 N–H and O–H groups in total. The normalized spacial score (nSPS) is 10.7. The van der Waals surface area contributed by atoms with Gasteiger partial charge in [0.15, 0.2) is 0 Å². The van der Waals surface area contributed by atoms with Gasteiger partial charge in [-0.1, -0.05) is 25.4 Å². The second-order valence-electron chi connectivity index (χ2n) is 5.12. The molecule has 21 heavy (non-hydrogen) atoms. The van der Waals surface area contributed by atoms with Crippen LogP contribution in [0, 0.1) is 0 Å². The first-order valence-electron chi connectivity index (χ1n) is 7.10. The average Bonchev–Trinajstić information content (AvgIpc) is 2.47. The molecule has 0 radical (unpaired) electrons. The van der Waals surface area contributed by atoms with Gasteiger partial charge in [-0.2, -0.15) is 0 Å². The summed E-state index contributed by atoms with van der Waals surface area (Å²) in [5.41, 5.74) is 10.4. The highest BCUT2D eigenvalue weighted by molar-refractivity contribution is 6.33. The highest BCUT2D eigenvalue weighted by Crippen LogP contribution is 2.32. The molecule has 2 aromatic rings. The third-order valence-electron chi connectivity index (χ3n) is 3.47. The lowest BCUT2D eigenvalue weighted by atomic mass is 10.1. The van der Waals surface area contributed by atoms with Crippen LogP contribution >= 0.6 is 11.6 Å². The zero-order valence-electron chi connectivity index (χ0n) is 12.9. The summed E-state index contributed by atoms with van der Waals surface area (Å²) >= 11 is 6.45. The number of hydrogen-bond donors (Lipinski definition) is 1. The largest absolute Gasteiger partial charge is 0.382 e. The van der Waals surface area contributed by atoms with Gasteiger partial charge in [0.05, 0.1) is 22.1 Å². The summed E-state index contributed by atoms with van der Waals surface area (Å²) in [6.45, 7) is 4.06. The number of rotatable bonds is 4. The number of hydrogen-bond acceptors (Lipinski definition) is 4. The van der Waals surface area contributed by atoms with Crippen molar-refractivity contribution in [2.75, 3.05) is 24.7 Å². The predicted octanol–water partition coefficient (Wildman–Crippen LogP) is 3.57. The SMILES string of the molecule is CCc1nc(-c2ccc(N(C)C)cc2Cl)c(CC)nc1N. The van der Waals surface area contributed by atoms with Gasteiger partial charge < -0.3 is 10.6 Å². The Bertz CT molecular complexity index is 653. The standard InChI is InChI=1S/C16H21ClN4/c1-5-13-15(19-14(6-2)16(18)20-13)11-8-7-10(21(3)4)9-12(11)17/h7-9H,5-6H2,1-4H3,(H2,18,20). The lowest BCUT2D eigenvalue weighted by molar-refractivity contribution is 0.952. The Kier molecular flexibility index (Phi) is 4.68. The minimum absolute atomic E-state index is 0.513. The first-order valence-corrected chi connectivity index (χ1v) is 7.48. The fraction of sp³-hybridized carbons (Fsp3) is 0.375. The van der Waals surface area contributed by atoms with Crippen LogP contribution in [0.25, 0.3) is 11.3 Å². The number of benzene rings is 1. The van der Waals surface area contributed by atoms with Gasteiger partial charge in [-0.25, -0.2) is 9.97 Å². The van der Waals surface area contributed by atoms with Gasteiger partial charge in [-0.3, -0.25) is 0 Å². The number of aromatic nitrogens is 2. The minimum Gasteiger partial charge on any atom is -0.382 e.